The first-order valence-electron chi connectivity index (χ1n) is 2.82. The van der Waals surface area contributed by atoms with Crippen LogP contribution in [0.2, 0.25) is 0 Å². The van der Waals surface area contributed by atoms with Crippen molar-refractivity contribution in [3.63, 3.8) is 0 Å². The maximum absolute atomic E-state index is 10.4. The van der Waals surface area contributed by atoms with Gasteiger partial charge < -0.3 is 10.2 Å². The molecule has 0 aliphatic carbocycles. The summed E-state index contributed by atoms with van der Waals surface area (Å²) in [6.07, 6.45) is -0.267. The molecule has 0 amide bonds. The summed E-state index contributed by atoms with van der Waals surface area (Å²) >= 11 is 2.04. The molecule has 11 heavy (non-hydrogen) atoms. The average molecular weight is 288 g/mol. The van der Waals surface area contributed by atoms with Crippen LogP contribution < -0.4 is 0 Å². The third kappa shape index (κ3) is 5.44. The summed E-state index contributed by atoms with van der Waals surface area (Å²) in [6, 6.07) is 0. The fraction of sp³-hybridized carbons (Fsp3) is 0.500. The monoisotopic (exact) mass is 288 g/mol. The van der Waals surface area contributed by atoms with Gasteiger partial charge in [0.25, 0.3) is 0 Å². The van der Waals surface area contributed by atoms with Crippen LogP contribution in [-0.4, -0.2) is 32.7 Å². The molecule has 0 aliphatic rings. The predicted octanol–water partition coefficient (Wildman–Crippen LogP) is 0.294. The van der Waals surface area contributed by atoms with Crippen LogP contribution in [0, 0.1) is 0 Å². The lowest BCUT2D eigenvalue weighted by atomic mass is 10.3. The second kappa shape index (κ2) is 5.77. The van der Waals surface area contributed by atoms with Crippen molar-refractivity contribution in [3.8, 4) is 0 Å². The van der Waals surface area contributed by atoms with E-state index in [-0.39, 0.29) is 14.9 Å². The summed E-state index contributed by atoms with van der Waals surface area (Å²) in [5, 5.41) is 16.8. The van der Waals surface area contributed by atoms with E-state index >= 15 is 0 Å². The van der Waals surface area contributed by atoms with Gasteiger partial charge in [-0.15, -0.1) is 30.8 Å². The molecular formula is C4H7BIO4P. The molecule has 4 nitrogen and oxygen atoms in total. The highest BCUT2D eigenvalue weighted by atomic mass is 127. The Labute approximate surface area is 79.6 Å². The van der Waals surface area contributed by atoms with Crippen molar-refractivity contribution < 1.29 is 19.8 Å². The molecule has 0 aliphatic heterocycles. The van der Waals surface area contributed by atoms with Crippen molar-refractivity contribution >= 4 is 47.6 Å². The highest BCUT2D eigenvalue weighted by Gasteiger charge is 2.19. The van der Waals surface area contributed by atoms with Gasteiger partial charge in [-0.05, 0) is 0 Å². The second-order valence-electron chi connectivity index (χ2n) is 1.83. The summed E-state index contributed by atoms with van der Waals surface area (Å²) in [6.45, 7) is 0. The van der Waals surface area contributed by atoms with Crippen LogP contribution in [0.5, 0.6) is 0 Å². The first-order chi connectivity index (χ1) is 5.07. The Balaban J connectivity index is 3.89. The smallest absolute Gasteiger partial charge is 0.310 e. The highest BCUT2D eigenvalue weighted by Crippen LogP contribution is 2.22. The molecule has 0 aromatic heterocycles. The number of halogens is 1. The zero-order valence-corrected chi connectivity index (χ0v) is 8.74. The van der Waals surface area contributed by atoms with Crippen LogP contribution in [0.3, 0.4) is 0 Å². The zero-order valence-electron chi connectivity index (χ0n) is 5.58. The maximum Gasteiger partial charge on any atom is 0.310 e. The quantitative estimate of drug-likeness (QED) is 0.433. The SMILES string of the molecule is O=C(O)CC(PBI)C(=O)O. The van der Waals surface area contributed by atoms with E-state index in [9.17, 15) is 9.59 Å². The van der Waals surface area contributed by atoms with Crippen molar-refractivity contribution in [2.45, 2.75) is 12.1 Å². The summed E-state index contributed by atoms with van der Waals surface area (Å²) in [5.41, 5.74) is -0.704. The minimum atomic E-state index is -1.05. The van der Waals surface area contributed by atoms with Gasteiger partial charge in [-0.2, -0.15) is 0 Å². The normalized spacial score (nSPS) is 13.2. The topological polar surface area (TPSA) is 74.6 Å². The van der Waals surface area contributed by atoms with Gasteiger partial charge in [-0.3, -0.25) is 9.59 Å². The minimum absolute atomic E-state index is 0.185. The molecule has 0 radical (unpaired) electrons. The molecule has 0 saturated heterocycles. The number of carboxylic acid groups (broad SMARTS) is 2. The molecule has 2 atom stereocenters. The Morgan fingerprint density at radius 1 is 1.55 bits per heavy atom. The third-order valence-electron chi connectivity index (χ3n) is 1.00. The van der Waals surface area contributed by atoms with E-state index in [2.05, 4.69) is 0 Å². The van der Waals surface area contributed by atoms with Crippen LogP contribution >= 0.6 is 30.8 Å². The molecule has 0 saturated carbocycles. The summed E-state index contributed by atoms with van der Waals surface area (Å²) in [5.74, 6) is -2.06. The predicted molar refractivity (Wildman–Crippen MR) is 53.2 cm³/mol. The number of carboxylic acids is 2. The van der Waals surface area contributed by atoms with Gasteiger partial charge in [-0.25, -0.2) is 0 Å². The van der Waals surface area contributed by atoms with E-state index in [0.29, 0.717) is 4.86 Å². The van der Waals surface area contributed by atoms with E-state index in [0.717, 1.165) is 0 Å². The van der Waals surface area contributed by atoms with Crippen LogP contribution in [0.25, 0.3) is 0 Å². The average Bonchev–Trinajstić information content (AvgIpc) is 1.86. The van der Waals surface area contributed by atoms with Gasteiger partial charge in [-0.1, -0.05) is 0 Å². The summed E-state index contributed by atoms with van der Waals surface area (Å²) in [4.78, 5) is 21.2. The Morgan fingerprint density at radius 3 is 2.36 bits per heavy atom. The summed E-state index contributed by atoms with van der Waals surface area (Å²) < 4.78 is 0. The molecule has 2 N–H and O–H groups in total. The first kappa shape index (κ1) is 11.2. The van der Waals surface area contributed by atoms with Crippen LogP contribution in [0.1, 0.15) is 6.42 Å². The minimum Gasteiger partial charge on any atom is -0.481 e. The van der Waals surface area contributed by atoms with Gasteiger partial charge in [0.1, 0.15) is 0 Å². The molecule has 7 heteroatoms. The van der Waals surface area contributed by atoms with Gasteiger partial charge >= 0.3 is 11.9 Å². The third-order valence-corrected chi connectivity index (χ3v) is 3.42. The van der Waals surface area contributed by atoms with E-state index in [1.165, 1.54) is 0 Å². The molecule has 0 aromatic rings. The molecule has 0 spiro atoms. The van der Waals surface area contributed by atoms with Gasteiger partial charge in [0.2, 0.25) is 4.86 Å². The van der Waals surface area contributed by atoms with Gasteiger partial charge in [0, 0.05) is 0 Å². The lowest BCUT2D eigenvalue weighted by molar-refractivity contribution is -0.143. The van der Waals surface area contributed by atoms with Crippen molar-refractivity contribution in [1.29, 1.82) is 0 Å². The Kier molecular flexibility index (Phi) is 5.86. The fourth-order valence-electron chi connectivity index (χ4n) is 0.515. The van der Waals surface area contributed by atoms with E-state index in [1.54, 1.807) is 0 Å². The van der Waals surface area contributed by atoms with Crippen LogP contribution in [0.15, 0.2) is 0 Å². The van der Waals surface area contributed by atoms with Crippen molar-refractivity contribution in [3.05, 3.63) is 0 Å². The van der Waals surface area contributed by atoms with Crippen LogP contribution in [-0.2, 0) is 9.59 Å². The Hall–Kier alpha value is 0.165. The molecule has 0 aromatic carbocycles. The fourth-order valence-corrected chi connectivity index (χ4v) is 2.79. The molecule has 0 heterocycles. The number of hydrogen-bond acceptors (Lipinski definition) is 2. The van der Waals surface area contributed by atoms with Crippen molar-refractivity contribution in [2.24, 2.45) is 0 Å². The lowest BCUT2D eigenvalue weighted by Crippen LogP contribution is -2.19. The van der Waals surface area contributed by atoms with Crippen molar-refractivity contribution in [1.82, 2.24) is 0 Å². The second-order valence-corrected chi connectivity index (χ2v) is 5.49. The largest absolute Gasteiger partial charge is 0.481 e. The lowest BCUT2D eigenvalue weighted by Gasteiger charge is -2.05. The van der Waals surface area contributed by atoms with Crippen LogP contribution in [0.4, 0.5) is 0 Å². The van der Waals surface area contributed by atoms with E-state index < -0.39 is 17.6 Å². The molecular weight excluding hydrogens is 281 g/mol. The molecule has 0 rings (SSSR count). The highest BCUT2D eigenvalue weighted by molar-refractivity contribution is 14.1. The standard InChI is InChI=1S/C4H7BIO4P/c6-5-11-2(4(9)10)1-3(7)8/h2,5,11H,1H2,(H,7,8)(H,9,10). The summed E-state index contributed by atoms with van der Waals surface area (Å²) in [7, 11) is 0.185. The number of aliphatic carboxylic acids is 2. The van der Waals surface area contributed by atoms with E-state index in [4.69, 9.17) is 10.2 Å². The number of hydrogen-bond donors (Lipinski definition) is 2. The molecule has 2 unspecified atom stereocenters. The van der Waals surface area contributed by atoms with E-state index in [1.807, 2.05) is 22.4 Å². The first-order valence-corrected chi connectivity index (χ1v) is 5.63. The van der Waals surface area contributed by atoms with Crippen molar-refractivity contribution in [2.75, 3.05) is 0 Å². The molecule has 62 valence electrons. The molecule has 0 bridgehead atoms. The Morgan fingerprint density at radius 2 is 2.09 bits per heavy atom. The maximum atomic E-state index is 10.4. The Bertz CT molecular complexity index is 164. The molecule has 0 fully saturated rings. The number of carbonyl (C=O) groups is 2. The number of rotatable bonds is 5. The zero-order chi connectivity index (χ0) is 8.85. The van der Waals surface area contributed by atoms with Gasteiger partial charge in [0.15, 0.2) is 0 Å². The van der Waals surface area contributed by atoms with Gasteiger partial charge in [0.05, 0.1) is 12.1 Å².